The van der Waals surface area contributed by atoms with Gasteiger partial charge in [0.1, 0.15) is 30.0 Å². The Morgan fingerprint density at radius 3 is 2.55 bits per heavy atom. The fraction of sp³-hybridized carbons (Fsp3) is 0.125. The molecule has 3 aromatic carbocycles. The van der Waals surface area contributed by atoms with E-state index in [1.807, 2.05) is 55.5 Å². The average molecular weight is 451 g/mol. The summed E-state index contributed by atoms with van der Waals surface area (Å²) in [5.74, 6) is 1.46. The highest BCUT2D eigenvalue weighted by atomic mass is 79.9. The first-order valence-corrected chi connectivity index (χ1v) is 10.1. The molecule has 0 radical (unpaired) electrons. The maximum absolute atomic E-state index is 12.8. The summed E-state index contributed by atoms with van der Waals surface area (Å²) < 4.78 is 18.4. The zero-order chi connectivity index (χ0) is 20.2. The van der Waals surface area contributed by atoms with Crippen molar-refractivity contribution in [2.75, 3.05) is 0 Å². The summed E-state index contributed by atoms with van der Waals surface area (Å²) in [5, 5.41) is 0.451. The monoisotopic (exact) mass is 450 g/mol. The van der Waals surface area contributed by atoms with Crippen LogP contribution in [0.25, 0.3) is 11.0 Å². The van der Waals surface area contributed by atoms with Gasteiger partial charge in [0, 0.05) is 10.5 Å². The third-order valence-electron chi connectivity index (χ3n) is 4.61. The molecule has 29 heavy (non-hydrogen) atoms. The minimum absolute atomic E-state index is 0.168. The van der Waals surface area contributed by atoms with Gasteiger partial charge in [-0.25, -0.2) is 0 Å². The van der Waals surface area contributed by atoms with E-state index in [4.69, 9.17) is 13.9 Å². The smallest absolute Gasteiger partial charge is 0.235 e. The van der Waals surface area contributed by atoms with Crippen LogP contribution in [0.3, 0.4) is 0 Å². The number of rotatable bonds is 6. The molecule has 0 unspecified atom stereocenters. The van der Waals surface area contributed by atoms with Gasteiger partial charge in [-0.15, -0.1) is 0 Å². The van der Waals surface area contributed by atoms with Crippen LogP contribution in [-0.2, 0) is 13.0 Å². The van der Waals surface area contributed by atoms with E-state index >= 15 is 0 Å². The van der Waals surface area contributed by atoms with Crippen molar-refractivity contribution in [3.8, 4) is 17.2 Å². The first-order chi connectivity index (χ1) is 14.1. The molecule has 0 N–H and O–H groups in total. The number of aryl methyl sites for hydroxylation is 1. The van der Waals surface area contributed by atoms with Crippen LogP contribution in [0.2, 0.25) is 0 Å². The highest BCUT2D eigenvalue weighted by molar-refractivity contribution is 9.10. The lowest BCUT2D eigenvalue weighted by Crippen LogP contribution is -2.06. The molecule has 1 heterocycles. The van der Waals surface area contributed by atoms with E-state index in [-0.39, 0.29) is 11.2 Å². The van der Waals surface area contributed by atoms with Crippen LogP contribution < -0.4 is 14.9 Å². The van der Waals surface area contributed by atoms with E-state index in [0.717, 1.165) is 22.0 Å². The van der Waals surface area contributed by atoms with Gasteiger partial charge < -0.3 is 13.9 Å². The van der Waals surface area contributed by atoms with Crippen LogP contribution in [-0.4, -0.2) is 0 Å². The molecular weight excluding hydrogens is 432 g/mol. The Morgan fingerprint density at radius 1 is 0.966 bits per heavy atom. The average Bonchev–Trinajstić information content (AvgIpc) is 2.75. The van der Waals surface area contributed by atoms with E-state index in [1.165, 1.54) is 6.26 Å². The maximum atomic E-state index is 12.8. The van der Waals surface area contributed by atoms with Crippen molar-refractivity contribution in [3.05, 3.63) is 98.8 Å². The molecule has 1 aromatic heterocycles. The minimum atomic E-state index is -0.211. The normalized spacial score (nSPS) is 10.8. The molecule has 0 spiro atoms. The molecule has 0 aliphatic heterocycles. The van der Waals surface area contributed by atoms with Gasteiger partial charge in [0.05, 0.1) is 5.39 Å². The van der Waals surface area contributed by atoms with Gasteiger partial charge in [-0.1, -0.05) is 53.2 Å². The van der Waals surface area contributed by atoms with Crippen molar-refractivity contribution in [1.82, 2.24) is 0 Å². The third kappa shape index (κ3) is 4.35. The number of hydrogen-bond donors (Lipinski definition) is 0. The maximum Gasteiger partial charge on any atom is 0.235 e. The molecule has 5 heteroatoms. The summed E-state index contributed by atoms with van der Waals surface area (Å²) >= 11 is 3.42. The molecule has 0 aliphatic carbocycles. The number of fused-ring (bicyclic) bond motifs is 1. The van der Waals surface area contributed by atoms with Crippen molar-refractivity contribution >= 4 is 26.9 Å². The number of hydrogen-bond acceptors (Lipinski definition) is 4. The van der Waals surface area contributed by atoms with Gasteiger partial charge in [0.25, 0.3) is 0 Å². The van der Waals surface area contributed by atoms with E-state index < -0.39 is 0 Å². The first kappa shape index (κ1) is 19.3. The van der Waals surface area contributed by atoms with Crippen LogP contribution in [0.1, 0.15) is 18.1 Å². The molecule has 0 atom stereocenters. The van der Waals surface area contributed by atoms with E-state index in [1.54, 1.807) is 18.2 Å². The van der Waals surface area contributed by atoms with E-state index in [9.17, 15) is 4.79 Å². The minimum Gasteiger partial charge on any atom is -0.489 e. The summed E-state index contributed by atoms with van der Waals surface area (Å²) in [4.78, 5) is 12.8. The summed E-state index contributed by atoms with van der Waals surface area (Å²) in [5.41, 5.74) is 2.33. The van der Waals surface area contributed by atoms with Crippen LogP contribution in [0.15, 0.2) is 86.7 Å². The Morgan fingerprint density at radius 2 is 1.76 bits per heavy atom. The summed E-state index contributed by atoms with van der Waals surface area (Å²) in [6.07, 6.45) is 2.17. The third-order valence-corrected chi connectivity index (χ3v) is 5.14. The quantitative estimate of drug-likeness (QED) is 0.336. The van der Waals surface area contributed by atoms with E-state index in [2.05, 4.69) is 15.9 Å². The predicted molar refractivity (Wildman–Crippen MR) is 117 cm³/mol. The van der Waals surface area contributed by atoms with Crippen molar-refractivity contribution in [2.45, 2.75) is 20.0 Å². The molecule has 0 saturated carbocycles. The fourth-order valence-electron chi connectivity index (χ4n) is 3.01. The number of benzene rings is 3. The van der Waals surface area contributed by atoms with Crippen molar-refractivity contribution in [2.24, 2.45) is 0 Å². The van der Waals surface area contributed by atoms with Crippen molar-refractivity contribution in [1.29, 1.82) is 0 Å². The molecule has 0 saturated heterocycles. The SMILES string of the molecule is CCc1ccccc1Oc1coc2cc(OCc3ccc(Br)cc3)ccc2c1=O. The highest BCUT2D eigenvalue weighted by Crippen LogP contribution is 2.27. The second-order valence-corrected chi connectivity index (χ2v) is 7.48. The first-order valence-electron chi connectivity index (χ1n) is 9.32. The Hall–Kier alpha value is -3.05. The Labute approximate surface area is 176 Å². The zero-order valence-electron chi connectivity index (χ0n) is 15.9. The number of halogens is 1. The van der Waals surface area contributed by atoms with Gasteiger partial charge in [-0.2, -0.15) is 0 Å². The van der Waals surface area contributed by atoms with Crippen LogP contribution in [0, 0.1) is 0 Å². The van der Waals surface area contributed by atoms with Crippen LogP contribution >= 0.6 is 15.9 Å². The Bertz CT molecular complexity index is 1200. The van der Waals surface area contributed by atoms with Gasteiger partial charge >= 0.3 is 0 Å². The van der Waals surface area contributed by atoms with Crippen LogP contribution in [0.5, 0.6) is 17.2 Å². The predicted octanol–water partition coefficient (Wildman–Crippen LogP) is 6.49. The molecule has 0 aliphatic rings. The number of ether oxygens (including phenoxy) is 2. The summed E-state index contributed by atoms with van der Waals surface area (Å²) in [7, 11) is 0. The largest absolute Gasteiger partial charge is 0.489 e. The van der Waals surface area contributed by atoms with Gasteiger partial charge in [-0.3, -0.25) is 4.79 Å². The lowest BCUT2D eigenvalue weighted by molar-refractivity contribution is 0.306. The molecule has 0 bridgehead atoms. The second kappa shape index (κ2) is 8.53. The van der Waals surface area contributed by atoms with Crippen LogP contribution in [0.4, 0.5) is 0 Å². The molecule has 4 nitrogen and oxygen atoms in total. The summed E-state index contributed by atoms with van der Waals surface area (Å²) in [6, 6.07) is 20.8. The lowest BCUT2D eigenvalue weighted by Gasteiger charge is -2.10. The van der Waals surface area contributed by atoms with Gasteiger partial charge in [-0.05, 0) is 47.9 Å². The molecule has 0 fully saturated rings. The topological polar surface area (TPSA) is 48.7 Å². The second-order valence-electron chi connectivity index (χ2n) is 6.57. The molecular formula is C24H19BrO4. The van der Waals surface area contributed by atoms with Gasteiger partial charge in [0.2, 0.25) is 11.2 Å². The highest BCUT2D eigenvalue weighted by Gasteiger charge is 2.12. The molecule has 0 amide bonds. The van der Waals surface area contributed by atoms with Crippen molar-refractivity contribution in [3.63, 3.8) is 0 Å². The van der Waals surface area contributed by atoms with Gasteiger partial charge in [0.15, 0.2) is 0 Å². The molecule has 4 rings (SSSR count). The Balaban J connectivity index is 1.56. The summed E-state index contributed by atoms with van der Waals surface area (Å²) in [6.45, 7) is 2.47. The van der Waals surface area contributed by atoms with Crippen molar-refractivity contribution < 1.29 is 13.9 Å². The van der Waals surface area contributed by atoms with E-state index in [0.29, 0.717) is 29.1 Å². The Kier molecular flexibility index (Phi) is 5.67. The standard InChI is InChI=1S/C24H19BrO4/c1-2-17-5-3-4-6-21(17)29-23-15-28-22-13-19(11-12-20(22)24(23)26)27-14-16-7-9-18(25)10-8-16/h3-13,15H,2,14H2,1H3. The lowest BCUT2D eigenvalue weighted by atomic mass is 10.1. The fourth-order valence-corrected chi connectivity index (χ4v) is 3.28. The molecule has 146 valence electrons. The molecule has 4 aromatic rings. The number of para-hydroxylation sites is 1. The zero-order valence-corrected chi connectivity index (χ0v) is 17.4.